The number of unbranched alkanes of at least 4 members (excludes halogenated alkanes) is 3. The minimum atomic E-state index is -0.381. The summed E-state index contributed by atoms with van der Waals surface area (Å²) in [7, 11) is 0. The molecule has 0 radical (unpaired) electrons. The minimum absolute atomic E-state index is 0.303. The van der Waals surface area contributed by atoms with E-state index < -0.39 is 0 Å². The second-order valence-corrected chi connectivity index (χ2v) is 6.04. The van der Waals surface area contributed by atoms with Crippen LogP contribution in [0.15, 0.2) is 12.2 Å². The molecule has 0 heterocycles. The molecule has 0 bridgehead atoms. The average Bonchev–Trinajstić information content (AvgIpc) is 2.33. The molecule has 0 fully saturated rings. The van der Waals surface area contributed by atoms with Crippen LogP contribution >= 0.6 is 11.6 Å². The van der Waals surface area contributed by atoms with Crippen molar-refractivity contribution in [3.05, 3.63) is 12.2 Å². The van der Waals surface area contributed by atoms with E-state index in [0.717, 1.165) is 24.8 Å². The van der Waals surface area contributed by atoms with Gasteiger partial charge in [-0.1, -0.05) is 38.3 Å². The molecule has 112 valence electrons. The van der Waals surface area contributed by atoms with Gasteiger partial charge in [-0.25, -0.2) is 0 Å². The third-order valence-corrected chi connectivity index (χ3v) is 3.45. The second kappa shape index (κ2) is 10.4. The highest BCUT2D eigenvalue weighted by Crippen LogP contribution is 2.18. The summed E-state index contributed by atoms with van der Waals surface area (Å²) in [6.45, 7) is 10.5. The molecule has 0 saturated heterocycles. The van der Waals surface area contributed by atoms with Gasteiger partial charge in [0.1, 0.15) is 5.78 Å². The summed E-state index contributed by atoms with van der Waals surface area (Å²) in [6, 6.07) is 0. The molecule has 0 saturated carbocycles. The van der Waals surface area contributed by atoms with Crippen molar-refractivity contribution >= 4 is 17.4 Å². The summed E-state index contributed by atoms with van der Waals surface area (Å²) in [5, 5.41) is 0. The first kappa shape index (κ1) is 18.7. The van der Waals surface area contributed by atoms with Gasteiger partial charge in [-0.3, -0.25) is 4.79 Å². The summed E-state index contributed by atoms with van der Waals surface area (Å²) in [6.07, 6.45) is 6.51. The van der Waals surface area contributed by atoms with Crippen molar-refractivity contribution in [1.82, 2.24) is 0 Å². The third kappa shape index (κ3) is 11.2. The number of Topliss-reactive ketones (excluding diaryl/α,β-unsaturated/α-hetero) is 1. The zero-order valence-electron chi connectivity index (χ0n) is 12.8. The lowest BCUT2D eigenvalue weighted by molar-refractivity contribution is -0.125. The Morgan fingerprint density at radius 3 is 2.47 bits per heavy atom. The fourth-order valence-corrected chi connectivity index (χ4v) is 2.04. The topological polar surface area (TPSA) is 26.3 Å². The molecule has 0 aliphatic carbocycles. The molecule has 0 spiro atoms. The van der Waals surface area contributed by atoms with Crippen LogP contribution in [-0.4, -0.2) is 23.9 Å². The van der Waals surface area contributed by atoms with Crippen LogP contribution < -0.4 is 0 Å². The molecule has 0 aromatic rings. The molecule has 0 aromatic heterocycles. The lowest BCUT2D eigenvalue weighted by atomic mass is 9.98. The van der Waals surface area contributed by atoms with Gasteiger partial charge in [0.2, 0.25) is 0 Å². The van der Waals surface area contributed by atoms with Crippen LogP contribution in [0, 0.1) is 0 Å². The van der Waals surface area contributed by atoms with Gasteiger partial charge in [0.05, 0.1) is 12.2 Å². The Morgan fingerprint density at radius 1 is 1.21 bits per heavy atom. The first-order valence-corrected chi connectivity index (χ1v) is 7.83. The van der Waals surface area contributed by atoms with Crippen molar-refractivity contribution in [2.75, 3.05) is 12.5 Å². The number of ketones is 1. The van der Waals surface area contributed by atoms with Crippen LogP contribution in [0.3, 0.4) is 0 Å². The van der Waals surface area contributed by atoms with Crippen LogP contribution in [0.2, 0.25) is 0 Å². The Hall–Kier alpha value is -0.340. The Labute approximate surface area is 123 Å². The Morgan fingerprint density at radius 2 is 1.89 bits per heavy atom. The molecule has 0 amide bonds. The van der Waals surface area contributed by atoms with Crippen molar-refractivity contribution in [2.24, 2.45) is 0 Å². The monoisotopic (exact) mass is 288 g/mol. The van der Waals surface area contributed by atoms with E-state index in [1.807, 2.05) is 13.8 Å². The molecule has 0 aliphatic rings. The lowest BCUT2D eigenvalue weighted by Gasteiger charge is -2.24. The molecule has 0 unspecified atom stereocenters. The first-order chi connectivity index (χ1) is 8.91. The number of carbonyl (C=O) groups is 1. The van der Waals surface area contributed by atoms with Crippen LogP contribution in [0.1, 0.15) is 65.7 Å². The summed E-state index contributed by atoms with van der Waals surface area (Å²) >= 11 is 5.66. The van der Waals surface area contributed by atoms with E-state index in [0.29, 0.717) is 31.1 Å². The van der Waals surface area contributed by atoms with Gasteiger partial charge in [-0.2, -0.15) is 0 Å². The molecule has 3 heteroatoms. The zero-order valence-corrected chi connectivity index (χ0v) is 13.5. The van der Waals surface area contributed by atoms with Crippen molar-refractivity contribution in [3.63, 3.8) is 0 Å². The SMILES string of the molecule is C=C(CCl)CCOC(C)(C)CC(=O)CCCCCC. The van der Waals surface area contributed by atoms with Crippen LogP contribution in [0.4, 0.5) is 0 Å². The number of alkyl halides is 1. The van der Waals surface area contributed by atoms with E-state index in [9.17, 15) is 4.79 Å². The van der Waals surface area contributed by atoms with Crippen LogP contribution in [-0.2, 0) is 9.53 Å². The van der Waals surface area contributed by atoms with Gasteiger partial charge in [-0.15, -0.1) is 11.6 Å². The first-order valence-electron chi connectivity index (χ1n) is 7.29. The summed E-state index contributed by atoms with van der Waals surface area (Å²) in [4.78, 5) is 11.9. The fraction of sp³-hybridized carbons (Fsp3) is 0.812. The Kier molecular flexibility index (Phi) is 10.3. The number of ether oxygens (including phenoxy) is 1. The zero-order chi connectivity index (χ0) is 14.7. The van der Waals surface area contributed by atoms with Gasteiger partial charge in [0.15, 0.2) is 0 Å². The van der Waals surface area contributed by atoms with Crippen molar-refractivity contribution in [2.45, 2.75) is 71.3 Å². The van der Waals surface area contributed by atoms with E-state index in [1.165, 1.54) is 12.8 Å². The predicted octanol–water partition coefficient (Wildman–Crippen LogP) is 4.90. The maximum Gasteiger partial charge on any atom is 0.135 e. The normalized spacial score (nSPS) is 11.6. The molecule has 2 nitrogen and oxygen atoms in total. The smallest absolute Gasteiger partial charge is 0.135 e. The highest BCUT2D eigenvalue weighted by Gasteiger charge is 2.22. The standard InChI is InChI=1S/C16H29ClO2/c1-5-6-7-8-9-15(18)12-16(3,4)19-11-10-14(2)13-17/h2,5-13H2,1,3-4H3. The summed E-state index contributed by atoms with van der Waals surface area (Å²) < 4.78 is 5.76. The van der Waals surface area contributed by atoms with Gasteiger partial charge in [0.25, 0.3) is 0 Å². The minimum Gasteiger partial charge on any atom is -0.375 e. The molecule has 0 rings (SSSR count). The number of hydrogen-bond acceptors (Lipinski definition) is 2. The lowest BCUT2D eigenvalue weighted by Crippen LogP contribution is -2.28. The maximum absolute atomic E-state index is 11.9. The molecule has 0 atom stereocenters. The molecular formula is C16H29ClO2. The quantitative estimate of drug-likeness (QED) is 0.290. The van der Waals surface area contributed by atoms with Gasteiger partial charge in [0, 0.05) is 18.7 Å². The summed E-state index contributed by atoms with van der Waals surface area (Å²) in [5.41, 5.74) is 0.595. The van der Waals surface area contributed by atoms with Crippen LogP contribution in [0.25, 0.3) is 0 Å². The van der Waals surface area contributed by atoms with E-state index in [2.05, 4.69) is 13.5 Å². The van der Waals surface area contributed by atoms with Crippen molar-refractivity contribution in [1.29, 1.82) is 0 Å². The number of halogens is 1. The molecule has 0 N–H and O–H groups in total. The molecule has 0 aliphatic heterocycles. The van der Waals surface area contributed by atoms with E-state index in [-0.39, 0.29) is 5.60 Å². The largest absolute Gasteiger partial charge is 0.375 e. The highest BCUT2D eigenvalue weighted by molar-refractivity contribution is 6.19. The Bertz CT molecular complexity index is 272. The van der Waals surface area contributed by atoms with Crippen molar-refractivity contribution in [3.8, 4) is 0 Å². The van der Waals surface area contributed by atoms with Gasteiger partial charge >= 0.3 is 0 Å². The predicted molar refractivity (Wildman–Crippen MR) is 82.9 cm³/mol. The number of carbonyl (C=O) groups excluding carboxylic acids is 1. The van der Waals surface area contributed by atoms with Gasteiger partial charge in [-0.05, 0) is 26.7 Å². The third-order valence-electron chi connectivity index (χ3n) is 3.07. The van der Waals surface area contributed by atoms with E-state index in [1.54, 1.807) is 0 Å². The van der Waals surface area contributed by atoms with Crippen molar-refractivity contribution < 1.29 is 9.53 Å². The van der Waals surface area contributed by atoms with E-state index >= 15 is 0 Å². The Balaban J connectivity index is 3.80. The molecular weight excluding hydrogens is 260 g/mol. The van der Waals surface area contributed by atoms with Crippen LogP contribution in [0.5, 0.6) is 0 Å². The van der Waals surface area contributed by atoms with Gasteiger partial charge < -0.3 is 4.74 Å². The second-order valence-electron chi connectivity index (χ2n) is 5.77. The highest BCUT2D eigenvalue weighted by atomic mass is 35.5. The fourth-order valence-electron chi connectivity index (χ4n) is 1.90. The summed E-state index contributed by atoms with van der Waals surface area (Å²) in [5.74, 6) is 0.775. The average molecular weight is 289 g/mol. The number of rotatable bonds is 12. The number of hydrogen-bond donors (Lipinski definition) is 0. The molecule has 19 heavy (non-hydrogen) atoms. The maximum atomic E-state index is 11.9. The van der Waals surface area contributed by atoms with E-state index in [4.69, 9.17) is 16.3 Å². The molecule has 0 aromatic carbocycles.